The minimum atomic E-state index is -0.793. The SMILES string of the molecule is CC=COc1ccc(CCNC(=O)Cn2cc(CCCCC(=O)O)nn2)cc1. The van der Waals surface area contributed by atoms with Gasteiger partial charge in [0.2, 0.25) is 5.91 Å². The number of carboxylic acid groups (broad SMARTS) is 1. The van der Waals surface area contributed by atoms with Crippen molar-refractivity contribution in [3.8, 4) is 5.75 Å². The number of unbranched alkanes of at least 4 members (excludes halogenated alkanes) is 1. The first-order chi connectivity index (χ1) is 13.6. The van der Waals surface area contributed by atoms with Gasteiger partial charge in [0.25, 0.3) is 0 Å². The van der Waals surface area contributed by atoms with E-state index >= 15 is 0 Å². The molecule has 150 valence electrons. The van der Waals surface area contributed by atoms with Crippen molar-refractivity contribution in [3.63, 3.8) is 0 Å². The van der Waals surface area contributed by atoms with Crippen molar-refractivity contribution in [3.05, 3.63) is 54.1 Å². The maximum atomic E-state index is 12.0. The molecule has 0 aliphatic carbocycles. The van der Waals surface area contributed by atoms with E-state index in [-0.39, 0.29) is 18.9 Å². The predicted molar refractivity (Wildman–Crippen MR) is 104 cm³/mol. The molecule has 1 aromatic carbocycles. The Labute approximate surface area is 164 Å². The van der Waals surface area contributed by atoms with Gasteiger partial charge >= 0.3 is 5.97 Å². The van der Waals surface area contributed by atoms with E-state index in [1.54, 1.807) is 12.5 Å². The Kier molecular flexibility index (Phi) is 8.71. The van der Waals surface area contributed by atoms with Crippen molar-refractivity contribution in [1.82, 2.24) is 20.3 Å². The van der Waals surface area contributed by atoms with E-state index in [2.05, 4.69) is 15.6 Å². The Morgan fingerprint density at radius 3 is 2.71 bits per heavy atom. The Bertz CT molecular complexity index is 784. The van der Waals surface area contributed by atoms with Gasteiger partial charge in [-0.2, -0.15) is 0 Å². The van der Waals surface area contributed by atoms with Crippen LogP contribution in [0.25, 0.3) is 0 Å². The molecule has 1 aromatic heterocycles. The van der Waals surface area contributed by atoms with Crippen molar-refractivity contribution in [1.29, 1.82) is 0 Å². The lowest BCUT2D eigenvalue weighted by Gasteiger charge is -2.06. The zero-order valence-electron chi connectivity index (χ0n) is 16.0. The van der Waals surface area contributed by atoms with E-state index in [1.807, 2.05) is 37.3 Å². The smallest absolute Gasteiger partial charge is 0.303 e. The Hall–Kier alpha value is -3.16. The van der Waals surface area contributed by atoms with E-state index in [0.717, 1.165) is 29.8 Å². The van der Waals surface area contributed by atoms with Gasteiger partial charge in [-0.25, -0.2) is 4.68 Å². The fraction of sp³-hybridized carbons (Fsp3) is 0.400. The van der Waals surface area contributed by atoms with Crippen molar-refractivity contribution in [2.24, 2.45) is 0 Å². The van der Waals surface area contributed by atoms with Crippen LogP contribution < -0.4 is 10.1 Å². The van der Waals surface area contributed by atoms with Crippen LogP contribution >= 0.6 is 0 Å². The summed E-state index contributed by atoms with van der Waals surface area (Å²) in [6.45, 7) is 2.53. The zero-order chi connectivity index (χ0) is 20.2. The molecule has 2 aromatic rings. The number of carbonyl (C=O) groups is 2. The van der Waals surface area contributed by atoms with E-state index in [4.69, 9.17) is 9.84 Å². The summed E-state index contributed by atoms with van der Waals surface area (Å²) in [7, 11) is 0. The Morgan fingerprint density at radius 2 is 2.00 bits per heavy atom. The van der Waals surface area contributed by atoms with E-state index in [1.165, 1.54) is 4.68 Å². The van der Waals surface area contributed by atoms with E-state index in [9.17, 15) is 9.59 Å². The summed E-state index contributed by atoms with van der Waals surface area (Å²) >= 11 is 0. The van der Waals surface area contributed by atoms with Gasteiger partial charge in [-0.3, -0.25) is 9.59 Å². The standard InChI is InChI=1S/C20H26N4O4/c1-2-13-28-18-9-7-16(8-10-18)11-12-21-19(25)15-24-14-17(22-23-24)5-3-4-6-20(26)27/h2,7-10,13-14H,3-6,11-12,15H2,1H3,(H,21,25)(H,26,27). The summed E-state index contributed by atoms with van der Waals surface area (Å²) in [5.74, 6) is -0.149. The average Bonchev–Trinajstić information content (AvgIpc) is 3.11. The number of aromatic nitrogens is 3. The van der Waals surface area contributed by atoms with Gasteiger partial charge in [-0.1, -0.05) is 23.4 Å². The van der Waals surface area contributed by atoms with Crippen molar-refractivity contribution in [2.45, 2.75) is 45.6 Å². The van der Waals surface area contributed by atoms with Crippen LogP contribution in [-0.2, 0) is 29.0 Å². The van der Waals surface area contributed by atoms with Crippen LogP contribution in [0.2, 0.25) is 0 Å². The third-order valence-corrected chi connectivity index (χ3v) is 3.96. The van der Waals surface area contributed by atoms with Gasteiger partial charge in [0, 0.05) is 19.2 Å². The summed E-state index contributed by atoms with van der Waals surface area (Å²) in [4.78, 5) is 22.5. The predicted octanol–water partition coefficient (Wildman–Crippen LogP) is 2.35. The van der Waals surface area contributed by atoms with Crippen molar-refractivity contribution < 1.29 is 19.4 Å². The molecule has 1 amide bonds. The average molecular weight is 386 g/mol. The molecule has 0 atom stereocenters. The first-order valence-electron chi connectivity index (χ1n) is 9.31. The number of carboxylic acids is 1. The third kappa shape index (κ3) is 8.03. The highest BCUT2D eigenvalue weighted by atomic mass is 16.5. The minimum absolute atomic E-state index is 0.109. The molecule has 8 heteroatoms. The molecule has 1 heterocycles. The fourth-order valence-electron chi connectivity index (χ4n) is 2.54. The first-order valence-corrected chi connectivity index (χ1v) is 9.31. The number of nitrogens with zero attached hydrogens (tertiary/aromatic N) is 3. The second-order valence-corrected chi connectivity index (χ2v) is 6.34. The van der Waals surface area contributed by atoms with Crippen LogP contribution in [0.1, 0.15) is 37.4 Å². The molecular formula is C20H26N4O4. The normalized spacial score (nSPS) is 10.9. The molecule has 0 saturated heterocycles. The number of benzene rings is 1. The topological polar surface area (TPSA) is 106 Å². The minimum Gasteiger partial charge on any atom is -0.481 e. The number of rotatable bonds is 12. The summed E-state index contributed by atoms with van der Waals surface area (Å²) in [6, 6.07) is 7.73. The number of ether oxygens (including phenoxy) is 1. The molecule has 0 radical (unpaired) electrons. The molecule has 0 saturated carbocycles. The summed E-state index contributed by atoms with van der Waals surface area (Å²) in [5, 5.41) is 19.4. The number of amides is 1. The summed E-state index contributed by atoms with van der Waals surface area (Å²) in [6.07, 6.45) is 8.04. The van der Waals surface area contributed by atoms with Crippen molar-refractivity contribution >= 4 is 11.9 Å². The largest absolute Gasteiger partial charge is 0.481 e. The lowest BCUT2D eigenvalue weighted by atomic mass is 10.1. The number of hydrogen-bond acceptors (Lipinski definition) is 5. The summed E-state index contributed by atoms with van der Waals surface area (Å²) < 4.78 is 6.87. The molecule has 0 aliphatic heterocycles. The van der Waals surface area contributed by atoms with E-state index < -0.39 is 5.97 Å². The van der Waals surface area contributed by atoms with Crippen molar-refractivity contribution in [2.75, 3.05) is 6.54 Å². The lowest BCUT2D eigenvalue weighted by molar-refractivity contribution is -0.137. The van der Waals surface area contributed by atoms with Gasteiger partial charge in [-0.05, 0) is 50.3 Å². The Balaban J connectivity index is 1.66. The maximum absolute atomic E-state index is 12.0. The highest BCUT2D eigenvalue weighted by molar-refractivity contribution is 5.75. The summed E-state index contributed by atoms with van der Waals surface area (Å²) in [5.41, 5.74) is 1.87. The maximum Gasteiger partial charge on any atom is 0.303 e. The number of allylic oxidation sites excluding steroid dienone is 1. The number of aliphatic carboxylic acids is 1. The van der Waals surface area contributed by atoms with E-state index in [0.29, 0.717) is 19.4 Å². The van der Waals surface area contributed by atoms with Gasteiger partial charge in [0.15, 0.2) is 0 Å². The molecule has 0 spiro atoms. The van der Waals surface area contributed by atoms with Crippen LogP contribution in [0.5, 0.6) is 5.75 Å². The number of nitrogens with one attached hydrogen (secondary N) is 1. The van der Waals surface area contributed by atoms with Crippen LogP contribution in [-0.4, -0.2) is 38.5 Å². The third-order valence-electron chi connectivity index (χ3n) is 3.96. The second kappa shape index (κ2) is 11.5. The monoisotopic (exact) mass is 386 g/mol. The highest BCUT2D eigenvalue weighted by Gasteiger charge is 2.06. The van der Waals surface area contributed by atoms with Gasteiger partial charge in [-0.15, -0.1) is 5.10 Å². The molecule has 0 fully saturated rings. The molecule has 0 aliphatic rings. The van der Waals surface area contributed by atoms with Gasteiger partial charge in [0.05, 0.1) is 12.0 Å². The molecule has 2 rings (SSSR count). The zero-order valence-corrected chi connectivity index (χ0v) is 16.0. The van der Waals surface area contributed by atoms with Gasteiger partial charge in [0.1, 0.15) is 12.3 Å². The molecule has 8 nitrogen and oxygen atoms in total. The molecule has 0 bridgehead atoms. The second-order valence-electron chi connectivity index (χ2n) is 6.34. The molecule has 0 unspecified atom stereocenters. The number of aryl methyl sites for hydroxylation is 1. The number of carbonyl (C=O) groups excluding carboxylic acids is 1. The highest BCUT2D eigenvalue weighted by Crippen LogP contribution is 2.12. The molecular weight excluding hydrogens is 360 g/mol. The Morgan fingerprint density at radius 1 is 1.21 bits per heavy atom. The quantitative estimate of drug-likeness (QED) is 0.428. The molecule has 2 N–H and O–H groups in total. The molecule has 28 heavy (non-hydrogen) atoms. The van der Waals surface area contributed by atoms with Gasteiger partial charge < -0.3 is 15.2 Å². The lowest BCUT2D eigenvalue weighted by Crippen LogP contribution is -2.29. The fourth-order valence-corrected chi connectivity index (χ4v) is 2.54. The van der Waals surface area contributed by atoms with Crippen LogP contribution in [0.15, 0.2) is 42.8 Å². The van der Waals surface area contributed by atoms with Crippen LogP contribution in [0, 0.1) is 0 Å². The van der Waals surface area contributed by atoms with Crippen LogP contribution in [0.3, 0.4) is 0 Å². The van der Waals surface area contributed by atoms with Crippen LogP contribution in [0.4, 0.5) is 0 Å². The first kappa shape index (κ1) is 21.1. The number of hydrogen-bond donors (Lipinski definition) is 2.